The average Bonchev–Trinajstić information content (AvgIpc) is 2.47. The lowest BCUT2D eigenvalue weighted by molar-refractivity contribution is -0.140. The molecule has 0 saturated heterocycles. The Bertz CT molecular complexity index is 537. The van der Waals surface area contributed by atoms with Gasteiger partial charge in [-0.05, 0) is 18.1 Å². The van der Waals surface area contributed by atoms with E-state index in [1.807, 2.05) is 37.3 Å². The first kappa shape index (κ1) is 15.6. The van der Waals surface area contributed by atoms with Crippen molar-refractivity contribution in [3.63, 3.8) is 0 Å². The third kappa shape index (κ3) is 4.90. The number of hydrogen-bond donors (Lipinski definition) is 1. The van der Waals surface area contributed by atoms with Crippen LogP contribution in [0.3, 0.4) is 0 Å². The van der Waals surface area contributed by atoms with Gasteiger partial charge in [0.15, 0.2) is 0 Å². The summed E-state index contributed by atoms with van der Waals surface area (Å²) in [7, 11) is 0. The van der Waals surface area contributed by atoms with E-state index in [1.165, 1.54) is 0 Å². The Kier molecular flexibility index (Phi) is 5.02. The van der Waals surface area contributed by atoms with E-state index in [9.17, 15) is 13.2 Å². The summed E-state index contributed by atoms with van der Waals surface area (Å²) < 4.78 is 38.4. The summed E-state index contributed by atoms with van der Waals surface area (Å²) in [6.45, 7) is 1.88. The molecular weight excluding hydrogens is 275 g/mol. The predicted molar refractivity (Wildman–Crippen MR) is 77.8 cm³/mol. The molecule has 2 rings (SSSR count). The maximum Gasteiger partial charge on any atom is 0.390 e. The summed E-state index contributed by atoms with van der Waals surface area (Å²) in [4.78, 5) is 0. The third-order valence-corrected chi connectivity index (χ3v) is 3.39. The van der Waals surface area contributed by atoms with Gasteiger partial charge in [0, 0.05) is 12.1 Å². The van der Waals surface area contributed by atoms with Crippen LogP contribution in [0.15, 0.2) is 60.7 Å². The van der Waals surface area contributed by atoms with E-state index in [2.05, 4.69) is 5.32 Å². The smallest absolute Gasteiger partial charge is 0.303 e. The fraction of sp³-hybridized carbons (Fsp3) is 0.294. The van der Waals surface area contributed by atoms with Crippen LogP contribution in [0.1, 0.15) is 36.6 Å². The van der Waals surface area contributed by atoms with Crippen LogP contribution in [0.5, 0.6) is 0 Å². The molecule has 0 fully saturated rings. The minimum atomic E-state index is -4.20. The molecule has 0 saturated carbocycles. The zero-order valence-corrected chi connectivity index (χ0v) is 11.8. The lowest BCUT2D eigenvalue weighted by atomic mass is 10.0. The van der Waals surface area contributed by atoms with Crippen LogP contribution < -0.4 is 5.32 Å². The van der Waals surface area contributed by atoms with Gasteiger partial charge in [0.05, 0.1) is 6.42 Å². The molecule has 0 aromatic heterocycles. The van der Waals surface area contributed by atoms with E-state index in [1.54, 1.807) is 30.3 Å². The number of benzene rings is 2. The van der Waals surface area contributed by atoms with Crippen molar-refractivity contribution in [2.24, 2.45) is 0 Å². The third-order valence-electron chi connectivity index (χ3n) is 3.39. The number of hydrogen-bond acceptors (Lipinski definition) is 1. The Morgan fingerprint density at radius 2 is 1.33 bits per heavy atom. The molecule has 21 heavy (non-hydrogen) atoms. The minimum absolute atomic E-state index is 0.154. The number of nitrogens with one attached hydrogen (secondary N) is 1. The Morgan fingerprint density at radius 3 is 1.81 bits per heavy atom. The molecule has 0 amide bonds. The van der Waals surface area contributed by atoms with Gasteiger partial charge in [-0.1, -0.05) is 60.7 Å². The Labute approximate surface area is 122 Å². The second-order valence-electron chi connectivity index (χ2n) is 5.08. The van der Waals surface area contributed by atoms with Crippen molar-refractivity contribution in [3.8, 4) is 0 Å². The molecule has 112 valence electrons. The molecule has 1 unspecified atom stereocenters. The molecule has 0 bridgehead atoms. The largest absolute Gasteiger partial charge is 0.390 e. The molecule has 2 aromatic carbocycles. The van der Waals surface area contributed by atoms with Crippen LogP contribution >= 0.6 is 0 Å². The Morgan fingerprint density at radius 1 is 0.857 bits per heavy atom. The molecule has 1 nitrogen and oxygen atoms in total. The number of alkyl halides is 3. The lowest BCUT2D eigenvalue weighted by Gasteiger charge is -2.25. The minimum Gasteiger partial charge on any atom is -0.303 e. The van der Waals surface area contributed by atoms with Crippen molar-refractivity contribution < 1.29 is 13.2 Å². The maximum absolute atomic E-state index is 12.8. The summed E-state index contributed by atoms with van der Waals surface area (Å²) in [5.74, 6) is 0. The van der Waals surface area contributed by atoms with E-state index < -0.39 is 18.6 Å². The Balaban J connectivity index is 2.16. The zero-order valence-electron chi connectivity index (χ0n) is 11.8. The first-order chi connectivity index (χ1) is 9.96. The summed E-state index contributed by atoms with van der Waals surface area (Å²) in [5, 5.41) is 3.09. The van der Waals surface area contributed by atoms with Gasteiger partial charge in [0.2, 0.25) is 0 Å². The number of halogens is 3. The summed E-state index contributed by atoms with van der Waals surface area (Å²) in [6.07, 6.45) is -5.09. The second kappa shape index (κ2) is 6.76. The molecule has 0 radical (unpaired) electrons. The number of rotatable bonds is 5. The fourth-order valence-electron chi connectivity index (χ4n) is 2.33. The maximum atomic E-state index is 12.8. The molecule has 2 aromatic rings. The lowest BCUT2D eigenvalue weighted by Crippen LogP contribution is -2.29. The first-order valence-electron chi connectivity index (χ1n) is 6.88. The van der Waals surface area contributed by atoms with E-state index in [0.717, 1.165) is 5.56 Å². The molecular formula is C17H18F3N. The molecule has 0 aliphatic carbocycles. The normalized spacial score (nSPS) is 14.7. The summed E-state index contributed by atoms with van der Waals surface area (Å²) in [6, 6.07) is 17.3. The highest BCUT2D eigenvalue weighted by atomic mass is 19.4. The average molecular weight is 293 g/mol. The highest BCUT2D eigenvalue weighted by Crippen LogP contribution is 2.31. The fourth-order valence-corrected chi connectivity index (χ4v) is 2.33. The monoisotopic (exact) mass is 293 g/mol. The van der Waals surface area contributed by atoms with Crippen LogP contribution in [0, 0.1) is 0 Å². The van der Waals surface area contributed by atoms with Crippen LogP contribution in [-0.2, 0) is 0 Å². The molecule has 0 aliphatic rings. The Hall–Kier alpha value is -1.81. The van der Waals surface area contributed by atoms with Gasteiger partial charge in [0.25, 0.3) is 0 Å². The quantitative estimate of drug-likeness (QED) is 0.815. The molecule has 4 heteroatoms. The topological polar surface area (TPSA) is 12.0 Å². The second-order valence-corrected chi connectivity index (χ2v) is 5.08. The molecule has 0 aliphatic heterocycles. The van der Waals surface area contributed by atoms with Crippen molar-refractivity contribution >= 4 is 0 Å². The highest BCUT2D eigenvalue weighted by Gasteiger charge is 2.33. The van der Waals surface area contributed by atoms with Gasteiger partial charge in [-0.3, -0.25) is 0 Å². The van der Waals surface area contributed by atoms with Gasteiger partial charge in [-0.25, -0.2) is 0 Å². The molecule has 0 heterocycles. The van der Waals surface area contributed by atoms with Crippen LogP contribution in [0.25, 0.3) is 0 Å². The predicted octanol–water partition coefficient (Wildman–Crippen LogP) is 5.03. The van der Waals surface area contributed by atoms with E-state index in [-0.39, 0.29) is 6.04 Å². The van der Waals surface area contributed by atoms with Crippen molar-refractivity contribution in [2.75, 3.05) is 0 Å². The van der Waals surface area contributed by atoms with Gasteiger partial charge >= 0.3 is 6.18 Å². The summed E-state index contributed by atoms with van der Waals surface area (Å²) in [5.41, 5.74) is 1.62. The SMILES string of the molecule is C[C@@H](NC(CC(F)(F)F)c1ccccc1)c1ccccc1. The van der Waals surface area contributed by atoms with E-state index in [0.29, 0.717) is 5.56 Å². The van der Waals surface area contributed by atoms with E-state index in [4.69, 9.17) is 0 Å². The zero-order chi connectivity index (χ0) is 15.3. The molecule has 2 atom stereocenters. The van der Waals surface area contributed by atoms with Crippen molar-refractivity contribution in [3.05, 3.63) is 71.8 Å². The van der Waals surface area contributed by atoms with Crippen molar-refractivity contribution in [1.82, 2.24) is 5.32 Å². The van der Waals surface area contributed by atoms with Crippen LogP contribution in [-0.4, -0.2) is 6.18 Å². The van der Waals surface area contributed by atoms with Gasteiger partial charge < -0.3 is 5.32 Å². The van der Waals surface area contributed by atoms with Crippen molar-refractivity contribution in [2.45, 2.75) is 31.6 Å². The van der Waals surface area contributed by atoms with Gasteiger partial charge in [-0.15, -0.1) is 0 Å². The first-order valence-corrected chi connectivity index (χ1v) is 6.88. The van der Waals surface area contributed by atoms with E-state index >= 15 is 0 Å². The van der Waals surface area contributed by atoms with Crippen molar-refractivity contribution in [1.29, 1.82) is 0 Å². The van der Waals surface area contributed by atoms with Crippen LogP contribution in [0.2, 0.25) is 0 Å². The molecule has 1 N–H and O–H groups in total. The molecule has 0 spiro atoms. The standard InChI is InChI=1S/C17H18F3N/c1-13(14-8-4-2-5-9-14)21-16(12-17(18,19)20)15-10-6-3-7-11-15/h2-11,13,16,21H,12H2,1H3/t13-,16?/m1/s1. The van der Waals surface area contributed by atoms with Gasteiger partial charge in [0.1, 0.15) is 0 Å². The van der Waals surface area contributed by atoms with Gasteiger partial charge in [-0.2, -0.15) is 13.2 Å². The summed E-state index contributed by atoms with van der Waals surface area (Å²) >= 11 is 0. The van der Waals surface area contributed by atoms with Crippen LogP contribution in [0.4, 0.5) is 13.2 Å². The highest BCUT2D eigenvalue weighted by molar-refractivity contribution is 5.22.